The number of hydrogen-bond acceptors (Lipinski definition) is 5. The molecular formula is C20H29ClN4O2. The van der Waals surface area contributed by atoms with E-state index in [0.717, 1.165) is 43.5 Å². The van der Waals surface area contributed by atoms with E-state index in [9.17, 15) is 9.59 Å². The second-order valence-corrected chi connectivity index (χ2v) is 8.66. The van der Waals surface area contributed by atoms with Gasteiger partial charge in [0.2, 0.25) is 11.8 Å². The SMILES string of the molecule is CC1(C)CCN[C@@H]1C(=O)NC(=O)[C@@H]1CCCN1Cc1cc(Cl)ccc1CN. The summed E-state index contributed by atoms with van der Waals surface area (Å²) in [4.78, 5) is 27.5. The van der Waals surface area contributed by atoms with E-state index in [0.29, 0.717) is 18.1 Å². The Morgan fingerprint density at radius 1 is 1.33 bits per heavy atom. The maximum absolute atomic E-state index is 12.8. The maximum atomic E-state index is 12.8. The normalized spacial score (nSPS) is 24.9. The van der Waals surface area contributed by atoms with Crippen molar-refractivity contribution in [1.29, 1.82) is 0 Å². The van der Waals surface area contributed by atoms with E-state index in [1.54, 1.807) is 0 Å². The van der Waals surface area contributed by atoms with Crippen LogP contribution in [0, 0.1) is 5.41 Å². The van der Waals surface area contributed by atoms with Gasteiger partial charge in [-0.1, -0.05) is 31.5 Å². The van der Waals surface area contributed by atoms with Gasteiger partial charge in [-0.2, -0.15) is 0 Å². The number of nitrogens with two attached hydrogens (primary N) is 1. The number of nitrogens with one attached hydrogen (secondary N) is 2. The van der Waals surface area contributed by atoms with E-state index in [1.807, 2.05) is 18.2 Å². The first-order chi connectivity index (χ1) is 12.8. The van der Waals surface area contributed by atoms with E-state index < -0.39 is 0 Å². The first kappa shape index (κ1) is 20.3. The minimum Gasteiger partial charge on any atom is -0.326 e. The van der Waals surface area contributed by atoms with Crippen molar-refractivity contribution in [2.24, 2.45) is 11.1 Å². The standard InChI is InChI=1S/C20H29ClN4O2/c1-20(2)7-8-23-17(20)19(27)24-18(26)16-4-3-9-25(16)12-14-10-15(21)6-5-13(14)11-22/h5-6,10,16-17,23H,3-4,7-9,11-12,22H2,1-2H3,(H,24,26,27)/t16-,17+/m0/s1. The molecule has 2 amide bonds. The summed E-state index contributed by atoms with van der Waals surface area (Å²) >= 11 is 6.14. The number of imide groups is 1. The molecule has 1 aromatic rings. The van der Waals surface area contributed by atoms with Gasteiger partial charge in [0, 0.05) is 18.1 Å². The summed E-state index contributed by atoms with van der Waals surface area (Å²) in [6.07, 6.45) is 2.60. The van der Waals surface area contributed by atoms with Gasteiger partial charge in [-0.05, 0) is 61.0 Å². The number of nitrogens with zero attached hydrogens (tertiary/aromatic N) is 1. The number of rotatable bonds is 5. The van der Waals surface area contributed by atoms with Crippen molar-refractivity contribution in [3.63, 3.8) is 0 Å². The van der Waals surface area contributed by atoms with Crippen LogP contribution >= 0.6 is 11.6 Å². The molecule has 148 valence electrons. The molecule has 2 aliphatic rings. The molecule has 0 spiro atoms. The molecule has 0 radical (unpaired) electrons. The first-order valence-electron chi connectivity index (χ1n) is 9.61. The van der Waals surface area contributed by atoms with Crippen molar-refractivity contribution in [2.75, 3.05) is 13.1 Å². The van der Waals surface area contributed by atoms with Crippen LogP contribution in [0.4, 0.5) is 0 Å². The second kappa shape index (κ2) is 8.27. The van der Waals surface area contributed by atoms with E-state index in [4.69, 9.17) is 17.3 Å². The van der Waals surface area contributed by atoms with Crippen molar-refractivity contribution in [1.82, 2.24) is 15.5 Å². The zero-order valence-corrected chi connectivity index (χ0v) is 16.8. The largest absolute Gasteiger partial charge is 0.326 e. The third-order valence-electron chi connectivity index (χ3n) is 5.84. The molecule has 6 nitrogen and oxygen atoms in total. The highest BCUT2D eigenvalue weighted by atomic mass is 35.5. The Labute approximate surface area is 165 Å². The lowest BCUT2D eigenvalue weighted by Gasteiger charge is -2.27. The van der Waals surface area contributed by atoms with Crippen molar-refractivity contribution in [2.45, 2.75) is 58.3 Å². The third-order valence-corrected chi connectivity index (χ3v) is 6.07. The Bertz CT molecular complexity index is 722. The van der Waals surface area contributed by atoms with Gasteiger partial charge in [0.15, 0.2) is 0 Å². The summed E-state index contributed by atoms with van der Waals surface area (Å²) in [5.74, 6) is -0.432. The highest BCUT2D eigenvalue weighted by molar-refractivity contribution is 6.30. The van der Waals surface area contributed by atoms with Crippen molar-refractivity contribution in [3.8, 4) is 0 Å². The predicted octanol–water partition coefficient (Wildman–Crippen LogP) is 1.79. The lowest BCUT2D eigenvalue weighted by Crippen LogP contribution is -2.53. The smallest absolute Gasteiger partial charge is 0.244 e. The summed E-state index contributed by atoms with van der Waals surface area (Å²) in [5.41, 5.74) is 7.76. The van der Waals surface area contributed by atoms with Crippen LogP contribution in [0.15, 0.2) is 18.2 Å². The van der Waals surface area contributed by atoms with Crippen LogP contribution in [-0.2, 0) is 22.7 Å². The van der Waals surface area contributed by atoms with Crippen LogP contribution in [0.3, 0.4) is 0 Å². The van der Waals surface area contributed by atoms with Crippen molar-refractivity contribution < 1.29 is 9.59 Å². The third kappa shape index (κ3) is 4.51. The van der Waals surface area contributed by atoms with E-state index in [2.05, 4.69) is 29.4 Å². The highest BCUT2D eigenvalue weighted by Gasteiger charge is 2.41. The number of likely N-dealkylation sites (tertiary alicyclic amines) is 1. The van der Waals surface area contributed by atoms with Crippen LogP contribution in [0.25, 0.3) is 0 Å². The number of carbonyl (C=O) groups excluding carboxylic acids is 2. The molecular weight excluding hydrogens is 364 g/mol. The molecule has 0 aromatic heterocycles. The Kier molecular flexibility index (Phi) is 6.21. The van der Waals surface area contributed by atoms with Crippen LogP contribution < -0.4 is 16.4 Å². The van der Waals surface area contributed by atoms with Gasteiger partial charge in [-0.25, -0.2) is 0 Å². The first-order valence-corrected chi connectivity index (χ1v) is 9.99. The maximum Gasteiger partial charge on any atom is 0.244 e. The minimum absolute atomic E-state index is 0.142. The fourth-order valence-corrected chi connectivity index (χ4v) is 4.35. The van der Waals surface area contributed by atoms with Gasteiger partial charge in [0.05, 0.1) is 12.1 Å². The molecule has 0 unspecified atom stereocenters. The number of carbonyl (C=O) groups is 2. The molecule has 27 heavy (non-hydrogen) atoms. The van der Waals surface area contributed by atoms with Crippen LogP contribution in [0.1, 0.15) is 44.2 Å². The molecule has 0 bridgehead atoms. The molecule has 0 aliphatic carbocycles. The monoisotopic (exact) mass is 392 g/mol. The van der Waals surface area contributed by atoms with Crippen molar-refractivity contribution in [3.05, 3.63) is 34.3 Å². The number of hydrogen-bond donors (Lipinski definition) is 3. The van der Waals surface area contributed by atoms with Crippen LogP contribution in [-0.4, -0.2) is 41.9 Å². The van der Waals surface area contributed by atoms with Crippen LogP contribution in [0.2, 0.25) is 5.02 Å². The van der Waals surface area contributed by atoms with Gasteiger partial charge in [0.25, 0.3) is 0 Å². The molecule has 7 heteroatoms. The van der Waals surface area contributed by atoms with Crippen molar-refractivity contribution >= 4 is 23.4 Å². The summed E-state index contributed by atoms with van der Waals surface area (Å²) in [6, 6.07) is 5.04. The minimum atomic E-state index is -0.326. The van der Waals surface area contributed by atoms with E-state index in [1.165, 1.54) is 0 Å². The van der Waals surface area contributed by atoms with Gasteiger partial charge in [0.1, 0.15) is 0 Å². The highest BCUT2D eigenvalue weighted by Crippen LogP contribution is 2.30. The fourth-order valence-electron chi connectivity index (χ4n) is 4.16. The lowest BCUT2D eigenvalue weighted by atomic mass is 9.84. The topological polar surface area (TPSA) is 87.5 Å². The molecule has 1 aromatic carbocycles. The Balaban J connectivity index is 1.66. The summed E-state index contributed by atoms with van der Waals surface area (Å²) in [6.45, 7) is 6.75. The number of amides is 2. The Morgan fingerprint density at radius 2 is 2.11 bits per heavy atom. The quantitative estimate of drug-likeness (QED) is 0.665. The fraction of sp³-hybridized carbons (Fsp3) is 0.600. The average molecular weight is 393 g/mol. The summed E-state index contributed by atoms with van der Waals surface area (Å²) in [5, 5.41) is 6.51. The van der Waals surface area contributed by atoms with E-state index in [-0.39, 0.29) is 29.3 Å². The summed E-state index contributed by atoms with van der Waals surface area (Å²) in [7, 11) is 0. The summed E-state index contributed by atoms with van der Waals surface area (Å²) < 4.78 is 0. The van der Waals surface area contributed by atoms with Gasteiger partial charge in [-0.15, -0.1) is 0 Å². The Hall–Kier alpha value is -1.47. The zero-order valence-electron chi connectivity index (χ0n) is 16.1. The molecule has 2 saturated heterocycles. The van der Waals surface area contributed by atoms with Gasteiger partial charge < -0.3 is 11.1 Å². The molecule has 2 atom stereocenters. The molecule has 3 rings (SSSR count). The number of halogens is 1. The molecule has 2 fully saturated rings. The Morgan fingerprint density at radius 3 is 2.78 bits per heavy atom. The second-order valence-electron chi connectivity index (χ2n) is 8.22. The average Bonchev–Trinajstić information content (AvgIpc) is 3.20. The van der Waals surface area contributed by atoms with Gasteiger partial charge >= 0.3 is 0 Å². The predicted molar refractivity (Wildman–Crippen MR) is 106 cm³/mol. The van der Waals surface area contributed by atoms with E-state index >= 15 is 0 Å². The molecule has 2 aliphatic heterocycles. The van der Waals surface area contributed by atoms with Gasteiger partial charge in [-0.3, -0.25) is 19.8 Å². The lowest BCUT2D eigenvalue weighted by molar-refractivity contribution is -0.135. The molecule has 4 N–H and O–H groups in total. The van der Waals surface area contributed by atoms with Crippen LogP contribution in [0.5, 0.6) is 0 Å². The zero-order chi connectivity index (χ0) is 19.6. The molecule has 2 heterocycles. The molecule has 0 saturated carbocycles. The number of benzene rings is 1.